The van der Waals surface area contributed by atoms with Gasteiger partial charge in [-0.05, 0) is 85.2 Å². The van der Waals surface area contributed by atoms with Crippen LogP contribution in [-0.2, 0) is 6.54 Å². The second kappa shape index (κ2) is 13.4. The predicted octanol–water partition coefficient (Wildman–Crippen LogP) is 8.06. The Morgan fingerprint density at radius 2 is 1.69 bits per heavy atom. The van der Waals surface area contributed by atoms with Crippen LogP contribution in [0.3, 0.4) is 0 Å². The molecule has 5 rings (SSSR count). The van der Waals surface area contributed by atoms with E-state index in [9.17, 15) is 4.79 Å². The quantitative estimate of drug-likeness (QED) is 0.336. The molecule has 0 saturated carbocycles. The van der Waals surface area contributed by atoms with Gasteiger partial charge in [0.1, 0.15) is 0 Å². The first-order valence-electron chi connectivity index (χ1n) is 12.6. The molecule has 1 saturated heterocycles. The number of rotatable bonds is 5. The van der Waals surface area contributed by atoms with Crippen LogP contribution < -0.4 is 5.32 Å². The highest BCUT2D eigenvalue weighted by Gasteiger charge is 2.25. The molecular formula is C31H33ClN2OS. The van der Waals surface area contributed by atoms with Gasteiger partial charge in [0.15, 0.2) is 0 Å². The van der Waals surface area contributed by atoms with E-state index in [1.165, 1.54) is 5.57 Å². The van der Waals surface area contributed by atoms with Gasteiger partial charge in [0.05, 0.1) is 0 Å². The number of carbonyl (C=O) groups excluding carboxylic acids is 1. The number of hydrogen-bond acceptors (Lipinski definition) is 3. The summed E-state index contributed by atoms with van der Waals surface area (Å²) in [6.45, 7) is 2.36. The number of nitrogens with one attached hydrogen (secondary N) is 1. The van der Waals surface area contributed by atoms with Crippen LogP contribution in [-0.4, -0.2) is 23.9 Å². The van der Waals surface area contributed by atoms with Crippen molar-refractivity contribution in [1.82, 2.24) is 4.90 Å². The first-order valence-corrected chi connectivity index (χ1v) is 13.4. The maximum atomic E-state index is 13.0. The van der Waals surface area contributed by atoms with Crippen molar-refractivity contribution >= 4 is 35.8 Å². The number of benzene rings is 3. The fourth-order valence-corrected chi connectivity index (χ4v) is 4.83. The normalized spacial score (nSPS) is 15.5. The summed E-state index contributed by atoms with van der Waals surface area (Å²) < 4.78 is 0. The summed E-state index contributed by atoms with van der Waals surface area (Å²) in [6, 6.07) is 25.4. The lowest BCUT2D eigenvalue weighted by Crippen LogP contribution is -2.38. The molecule has 1 N–H and O–H groups in total. The van der Waals surface area contributed by atoms with Gasteiger partial charge in [-0.2, -0.15) is 0 Å². The number of carbonyl (C=O) groups is 1. The van der Waals surface area contributed by atoms with E-state index in [4.69, 9.17) is 11.6 Å². The number of nitrogens with zero attached hydrogens (tertiary/aromatic N) is 1. The second-order valence-corrected chi connectivity index (χ2v) is 10.1. The van der Waals surface area contributed by atoms with Crippen LogP contribution in [0.15, 0.2) is 108 Å². The smallest absolute Gasteiger partial charge is 0.253 e. The average molecular weight is 517 g/mol. The van der Waals surface area contributed by atoms with Crippen LogP contribution in [0.5, 0.6) is 0 Å². The van der Waals surface area contributed by atoms with Gasteiger partial charge in [-0.3, -0.25) is 4.79 Å². The number of halogens is 1. The Kier molecular flexibility index (Phi) is 9.71. The van der Waals surface area contributed by atoms with Crippen LogP contribution in [0, 0.1) is 5.92 Å². The zero-order valence-corrected chi connectivity index (χ0v) is 22.1. The topological polar surface area (TPSA) is 32.3 Å². The Morgan fingerprint density at radius 3 is 2.33 bits per heavy atom. The maximum absolute atomic E-state index is 13.0. The molecule has 0 atom stereocenters. The lowest BCUT2D eigenvalue weighted by molar-refractivity contribution is 0.0703. The van der Waals surface area contributed by atoms with Gasteiger partial charge in [-0.25, -0.2) is 0 Å². The Hall–Kier alpha value is -2.95. The molecule has 1 aliphatic heterocycles. The highest BCUT2D eigenvalue weighted by Crippen LogP contribution is 2.29. The molecule has 0 unspecified atom stereocenters. The number of likely N-dealkylation sites (tertiary alicyclic amines) is 1. The molecular weight excluding hydrogens is 484 g/mol. The van der Waals surface area contributed by atoms with Crippen molar-refractivity contribution in [3.05, 3.63) is 119 Å². The van der Waals surface area contributed by atoms with Gasteiger partial charge in [0.25, 0.3) is 5.91 Å². The minimum Gasteiger partial charge on any atom is -0.381 e. The number of amides is 1. The predicted molar refractivity (Wildman–Crippen MR) is 154 cm³/mol. The monoisotopic (exact) mass is 516 g/mol. The van der Waals surface area contributed by atoms with Crippen molar-refractivity contribution in [2.24, 2.45) is 5.92 Å². The van der Waals surface area contributed by atoms with E-state index in [0.29, 0.717) is 12.5 Å². The molecule has 36 heavy (non-hydrogen) atoms. The van der Waals surface area contributed by atoms with E-state index in [0.717, 1.165) is 65.5 Å². The Labute approximate surface area is 225 Å². The number of piperidine rings is 1. The lowest BCUT2D eigenvalue weighted by Gasteiger charge is -2.33. The van der Waals surface area contributed by atoms with Crippen LogP contribution >= 0.6 is 24.2 Å². The molecule has 0 aromatic heterocycles. The molecule has 3 aromatic rings. The van der Waals surface area contributed by atoms with Crippen LogP contribution in [0.1, 0.15) is 41.6 Å². The molecule has 1 fully saturated rings. The molecule has 0 spiro atoms. The fraction of sp³-hybridized carbons (Fsp3) is 0.258. The molecule has 1 amide bonds. The number of hydrogen-bond donors (Lipinski definition) is 2. The van der Waals surface area contributed by atoms with Crippen molar-refractivity contribution in [2.75, 3.05) is 18.4 Å². The summed E-state index contributed by atoms with van der Waals surface area (Å²) in [4.78, 5) is 16.0. The molecule has 1 heterocycles. The largest absolute Gasteiger partial charge is 0.381 e. The van der Waals surface area contributed by atoms with E-state index < -0.39 is 0 Å². The number of allylic oxidation sites excluding steroid dienone is 4. The summed E-state index contributed by atoms with van der Waals surface area (Å²) in [5.41, 5.74) is 4.33. The summed E-state index contributed by atoms with van der Waals surface area (Å²) in [7, 11) is 0. The summed E-state index contributed by atoms with van der Waals surface area (Å²) >= 11 is 10.0. The van der Waals surface area contributed by atoms with Crippen LogP contribution in [0.25, 0.3) is 0 Å². The summed E-state index contributed by atoms with van der Waals surface area (Å²) in [6.07, 6.45) is 11.3. The van der Waals surface area contributed by atoms with Crippen molar-refractivity contribution in [1.29, 1.82) is 0 Å². The summed E-state index contributed by atoms with van der Waals surface area (Å²) in [5.74, 6) is 0.731. The Balaban J connectivity index is 0.000000375. The van der Waals surface area contributed by atoms with E-state index in [1.807, 2.05) is 83.8 Å². The van der Waals surface area contributed by atoms with Gasteiger partial charge in [0.2, 0.25) is 0 Å². The molecule has 0 bridgehead atoms. The minimum atomic E-state index is 0.131. The standard InChI is InChI=1S/C25H27ClN2O.C6H6S/c26-23-11-9-19(10-12-23)18-27-24-8-4-7-22(17-24)25(29)28-15-13-21(14-16-28)20-5-2-1-3-6-20;7-6-4-2-1-3-5-6/h2,4-12,17,21,27H,1,3,13-16,18H2;1-5,7H. The van der Waals surface area contributed by atoms with Crippen molar-refractivity contribution < 1.29 is 4.79 Å². The van der Waals surface area contributed by atoms with Gasteiger partial charge >= 0.3 is 0 Å². The molecule has 3 nitrogen and oxygen atoms in total. The van der Waals surface area contributed by atoms with Crippen molar-refractivity contribution in [2.45, 2.75) is 37.1 Å². The zero-order valence-electron chi connectivity index (χ0n) is 20.4. The van der Waals surface area contributed by atoms with E-state index >= 15 is 0 Å². The first-order chi connectivity index (χ1) is 17.6. The first kappa shape index (κ1) is 26.1. The molecule has 0 radical (unpaired) electrons. The number of anilines is 1. The molecule has 3 aromatic carbocycles. The van der Waals surface area contributed by atoms with Crippen LogP contribution in [0.4, 0.5) is 5.69 Å². The van der Waals surface area contributed by atoms with Crippen LogP contribution in [0.2, 0.25) is 5.02 Å². The highest BCUT2D eigenvalue weighted by atomic mass is 35.5. The molecule has 2 aliphatic rings. The second-order valence-electron chi connectivity index (χ2n) is 9.15. The van der Waals surface area contributed by atoms with E-state index in [-0.39, 0.29) is 5.91 Å². The average Bonchev–Trinajstić information content (AvgIpc) is 2.94. The summed E-state index contributed by atoms with van der Waals surface area (Å²) in [5, 5.41) is 4.14. The van der Waals surface area contributed by atoms with Crippen molar-refractivity contribution in [3.8, 4) is 0 Å². The molecule has 1 aliphatic carbocycles. The lowest BCUT2D eigenvalue weighted by atomic mass is 9.86. The van der Waals surface area contributed by atoms with Gasteiger partial charge < -0.3 is 10.2 Å². The van der Waals surface area contributed by atoms with E-state index in [1.54, 1.807) is 0 Å². The SMILES string of the molecule is O=C(c1cccc(NCc2ccc(Cl)cc2)c1)N1CCC(C2=CCCC=C2)CC1.Sc1ccccc1. The van der Waals surface area contributed by atoms with Gasteiger partial charge in [0, 0.05) is 40.8 Å². The number of thiol groups is 1. The third kappa shape index (κ3) is 7.78. The fourth-order valence-electron chi connectivity index (χ4n) is 4.53. The Morgan fingerprint density at radius 1 is 0.944 bits per heavy atom. The van der Waals surface area contributed by atoms with Crippen molar-refractivity contribution in [3.63, 3.8) is 0 Å². The third-order valence-corrected chi connectivity index (χ3v) is 7.10. The molecule has 186 valence electrons. The zero-order chi connectivity index (χ0) is 25.2. The third-order valence-electron chi connectivity index (χ3n) is 6.55. The maximum Gasteiger partial charge on any atom is 0.253 e. The molecule has 5 heteroatoms. The highest BCUT2D eigenvalue weighted by molar-refractivity contribution is 7.80. The van der Waals surface area contributed by atoms with Gasteiger partial charge in [-0.1, -0.05) is 66.2 Å². The van der Waals surface area contributed by atoms with Gasteiger partial charge in [-0.15, -0.1) is 12.6 Å². The van der Waals surface area contributed by atoms with E-state index in [2.05, 4.69) is 36.2 Å². The Bertz CT molecular complexity index is 1180. The minimum absolute atomic E-state index is 0.131.